The highest BCUT2D eigenvalue weighted by Gasteiger charge is 2.35. The molecule has 0 aliphatic carbocycles. The summed E-state index contributed by atoms with van der Waals surface area (Å²) in [4.78, 5) is 25.8. The van der Waals surface area contributed by atoms with Gasteiger partial charge in [-0.1, -0.05) is 0 Å². The van der Waals surface area contributed by atoms with Crippen molar-refractivity contribution in [3.63, 3.8) is 0 Å². The van der Waals surface area contributed by atoms with E-state index in [9.17, 15) is 9.59 Å². The zero-order valence-corrected chi connectivity index (χ0v) is 15.7. The molecule has 0 saturated carbocycles. The second-order valence-corrected chi connectivity index (χ2v) is 7.54. The van der Waals surface area contributed by atoms with Gasteiger partial charge in [-0.2, -0.15) is 11.3 Å². The number of methoxy groups -OCH3 is 1. The van der Waals surface area contributed by atoms with Gasteiger partial charge in [0.25, 0.3) is 0 Å². The van der Waals surface area contributed by atoms with Crippen LogP contribution in [0.1, 0.15) is 16.5 Å². The van der Waals surface area contributed by atoms with Crippen LogP contribution < -0.4 is 9.64 Å². The number of nitrogens with zero attached hydrogens (tertiary/aromatic N) is 1. The molecule has 7 heteroatoms. The summed E-state index contributed by atoms with van der Waals surface area (Å²) in [7, 11) is 1.48. The number of thioether (sulfide) groups is 1. The average molecular weight is 377 g/mol. The highest BCUT2D eigenvalue weighted by Crippen LogP contribution is 2.43. The van der Waals surface area contributed by atoms with E-state index < -0.39 is 0 Å². The third-order valence-corrected chi connectivity index (χ3v) is 5.74. The minimum absolute atomic E-state index is 0.00694. The maximum absolute atomic E-state index is 12.4. The minimum atomic E-state index is -0.118. The summed E-state index contributed by atoms with van der Waals surface area (Å²) in [6.07, 6.45) is 0. The summed E-state index contributed by atoms with van der Waals surface area (Å²) in [5.41, 5.74) is 2.96. The Labute approximate surface area is 154 Å². The van der Waals surface area contributed by atoms with Crippen molar-refractivity contribution in [2.45, 2.75) is 12.3 Å². The second kappa shape index (κ2) is 8.03. The average Bonchev–Trinajstić information content (AvgIpc) is 3.23. The van der Waals surface area contributed by atoms with Crippen molar-refractivity contribution in [1.29, 1.82) is 0 Å². The van der Waals surface area contributed by atoms with Gasteiger partial charge >= 0.3 is 0 Å². The van der Waals surface area contributed by atoms with E-state index in [1.54, 1.807) is 29.2 Å². The van der Waals surface area contributed by atoms with Crippen molar-refractivity contribution in [1.82, 2.24) is 0 Å². The normalized spacial score (nSPS) is 17.1. The van der Waals surface area contributed by atoms with Crippen molar-refractivity contribution < 1.29 is 19.1 Å². The van der Waals surface area contributed by atoms with E-state index in [1.165, 1.54) is 7.11 Å². The van der Waals surface area contributed by atoms with Gasteiger partial charge in [-0.3, -0.25) is 14.5 Å². The van der Waals surface area contributed by atoms with Crippen LogP contribution in [0.5, 0.6) is 5.75 Å². The van der Waals surface area contributed by atoms with Crippen molar-refractivity contribution in [2.24, 2.45) is 0 Å². The molecule has 1 amide bonds. The third-order valence-electron chi connectivity index (χ3n) is 3.83. The molecule has 0 spiro atoms. The number of carbonyl (C=O) groups excluding carboxylic acids is 2. The largest absolute Gasteiger partial charge is 0.486 e. The molecule has 1 atom stereocenters. The number of thiophene rings is 1. The van der Waals surface area contributed by atoms with Crippen LogP contribution in [0.4, 0.5) is 5.69 Å². The Hall–Kier alpha value is -1.83. The number of ether oxygens (including phenoxy) is 2. The number of anilines is 1. The van der Waals surface area contributed by atoms with Crippen LogP contribution in [0.2, 0.25) is 0 Å². The Balaban J connectivity index is 1.78. The molecule has 1 aromatic heterocycles. The molecule has 0 N–H and O–H groups in total. The van der Waals surface area contributed by atoms with E-state index in [4.69, 9.17) is 9.47 Å². The molecular weight excluding hydrogens is 358 g/mol. The zero-order chi connectivity index (χ0) is 17.8. The summed E-state index contributed by atoms with van der Waals surface area (Å²) in [6, 6.07) is 7.59. The van der Waals surface area contributed by atoms with Crippen LogP contribution in [0.25, 0.3) is 0 Å². The van der Waals surface area contributed by atoms with Crippen LogP contribution in [0, 0.1) is 6.92 Å². The molecule has 3 rings (SSSR count). The number of hydrogen-bond acceptors (Lipinski definition) is 6. The van der Waals surface area contributed by atoms with Gasteiger partial charge in [-0.25, -0.2) is 0 Å². The predicted molar refractivity (Wildman–Crippen MR) is 101 cm³/mol. The minimum Gasteiger partial charge on any atom is -0.486 e. The molecule has 1 fully saturated rings. The quantitative estimate of drug-likeness (QED) is 0.740. The maximum atomic E-state index is 12.4. The third kappa shape index (κ3) is 4.05. The number of Topliss-reactive ketones (excluding diaryl/α,β-unsaturated/α-hetero) is 1. The first-order valence-corrected chi connectivity index (χ1v) is 9.79. The number of benzene rings is 1. The lowest BCUT2D eigenvalue weighted by Crippen LogP contribution is -2.28. The van der Waals surface area contributed by atoms with E-state index in [1.807, 2.05) is 29.3 Å². The fraction of sp³-hybridized carbons (Fsp3) is 0.333. The van der Waals surface area contributed by atoms with Crippen LogP contribution in [0.15, 0.2) is 35.0 Å². The van der Waals surface area contributed by atoms with Gasteiger partial charge in [0.05, 0.1) is 5.75 Å². The van der Waals surface area contributed by atoms with Gasteiger partial charge in [0, 0.05) is 12.8 Å². The molecule has 1 saturated heterocycles. The maximum Gasteiger partial charge on any atom is 0.238 e. The number of rotatable bonds is 7. The smallest absolute Gasteiger partial charge is 0.238 e. The molecular formula is C18H19NO4S2. The monoisotopic (exact) mass is 377 g/mol. The molecule has 1 unspecified atom stereocenters. The number of carbonyl (C=O) groups is 2. The van der Waals surface area contributed by atoms with Gasteiger partial charge < -0.3 is 9.47 Å². The zero-order valence-electron chi connectivity index (χ0n) is 14.1. The number of hydrogen-bond donors (Lipinski definition) is 0. The Morgan fingerprint density at radius 2 is 2.16 bits per heavy atom. The standard InChI is InChI=1S/C18H19NO4S2/c1-12-7-15(23-9-14(20)8-22-2)3-4-16(12)19-17(21)11-25-18(19)13-5-6-24-10-13/h3-7,10,18H,8-9,11H2,1-2H3. The van der Waals surface area contributed by atoms with E-state index in [0.717, 1.165) is 16.8 Å². The molecule has 1 aliphatic heterocycles. The predicted octanol–water partition coefficient (Wildman–Crippen LogP) is 3.43. The van der Waals surface area contributed by atoms with Crippen LogP contribution in [-0.2, 0) is 14.3 Å². The van der Waals surface area contributed by atoms with Crippen LogP contribution in [0.3, 0.4) is 0 Å². The molecule has 0 bridgehead atoms. The molecule has 0 radical (unpaired) electrons. The lowest BCUT2D eigenvalue weighted by atomic mass is 10.1. The Morgan fingerprint density at radius 3 is 2.84 bits per heavy atom. The number of ketones is 1. The highest BCUT2D eigenvalue weighted by atomic mass is 32.2. The van der Waals surface area contributed by atoms with E-state index in [2.05, 4.69) is 11.4 Å². The molecule has 132 valence electrons. The van der Waals surface area contributed by atoms with Gasteiger partial charge in [-0.15, -0.1) is 11.8 Å². The highest BCUT2D eigenvalue weighted by molar-refractivity contribution is 8.00. The van der Waals surface area contributed by atoms with Crippen molar-refractivity contribution in [3.8, 4) is 5.75 Å². The first-order valence-electron chi connectivity index (χ1n) is 7.80. The van der Waals surface area contributed by atoms with Gasteiger partial charge in [0.2, 0.25) is 5.91 Å². The van der Waals surface area contributed by atoms with Crippen molar-refractivity contribution >= 4 is 40.5 Å². The van der Waals surface area contributed by atoms with Gasteiger partial charge in [0.1, 0.15) is 24.3 Å². The van der Waals surface area contributed by atoms with E-state index >= 15 is 0 Å². The summed E-state index contributed by atoms with van der Waals surface area (Å²) < 4.78 is 10.3. The van der Waals surface area contributed by atoms with Crippen molar-refractivity contribution in [2.75, 3.05) is 31.0 Å². The van der Waals surface area contributed by atoms with Crippen LogP contribution in [-0.4, -0.2) is 37.8 Å². The lowest BCUT2D eigenvalue weighted by Gasteiger charge is -2.25. The van der Waals surface area contributed by atoms with Crippen LogP contribution >= 0.6 is 23.1 Å². The molecule has 2 heterocycles. The van der Waals surface area contributed by atoms with Gasteiger partial charge in [0.15, 0.2) is 5.78 Å². The van der Waals surface area contributed by atoms with Crippen molar-refractivity contribution in [3.05, 3.63) is 46.2 Å². The fourth-order valence-corrected chi connectivity index (χ4v) is 4.62. The van der Waals surface area contributed by atoms with Gasteiger partial charge in [-0.05, 0) is 53.1 Å². The summed E-state index contributed by atoms with van der Waals surface area (Å²) >= 11 is 3.27. The Kier molecular flexibility index (Phi) is 5.78. The SMILES string of the molecule is COCC(=O)COc1ccc(N2C(=O)CSC2c2ccsc2)c(C)c1. The summed E-state index contributed by atoms with van der Waals surface area (Å²) in [6.45, 7) is 1.96. The first-order chi connectivity index (χ1) is 12.1. The van der Waals surface area contributed by atoms with E-state index in [0.29, 0.717) is 11.5 Å². The molecule has 1 aromatic carbocycles. The topological polar surface area (TPSA) is 55.8 Å². The lowest BCUT2D eigenvalue weighted by molar-refractivity contribution is -0.124. The first kappa shape index (κ1) is 18.0. The summed E-state index contributed by atoms with van der Waals surface area (Å²) in [5, 5.41) is 4.11. The molecule has 5 nitrogen and oxygen atoms in total. The molecule has 1 aliphatic rings. The fourth-order valence-electron chi connectivity index (χ4n) is 2.70. The molecule has 25 heavy (non-hydrogen) atoms. The Morgan fingerprint density at radius 1 is 1.32 bits per heavy atom. The summed E-state index contributed by atoms with van der Waals surface area (Å²) in [5.74, 6) is 1.07. The Bertz CT molecular complexity index is 760. The molecule has 2 aromatic rings. The number of aryl methyl sites for hydroxylation is 1. The number of amides is 1. The van der Waals surface area contributed by atoms with E-state index in [-0.39, 0.29) is 30.3 Å². The second-order valence-electron chi connectivity index (χ2n) is 5.69.